The van der Waals surface area contributed by atoms with E-state index in [-0.39, 0.29) is 17.8 Å². The zero-order valence-corrected chi connectivity index (χ0v) is 11.5. The van der Waals surface area contributed by atoms with Crippen molar-refractivity contribution < 1.29 is 14.6 Å². The summed E-state index contributed by atoms with van der Waals surface area (Å²) in [6, 6.07) is 6.17. The minimum Gasteiger partial charge on any atom is -0.508 e. The van der Waals surface area contributed by atoms with Crippen molar-refractivity contribution in [3.8, 4) is 5.75 Å². The van der Waals surface area contributed by atoms with Crippen LogP contribution in [0.2, 0.25) is 0 Å². The van der Waals surface area contributed by atoms with Crippen molar-refractivity contribution >= 4 is 5.91 Å². The first-order valence-electron chi connectivity index (χ1n) is 7.08. The molecule has 2 rings (SSSR count). The summed E-state index contributed by atoms with van der Waals surface area (Å²) < 4.78 is 5.50. The molecule has 1 fully saturated rings. The summed E-state index contributed by atoms with van der Waals surface area (Å²) in [6.07, 6.45) is 3.78. The SMILES string of the molecule is N[C@H](Cc1ccc(O)cc1)C(=O)NCCC1CCCO1. The van der Waals surface area contributed by atoms with Gasteiger partial charge in [0.15, 0.2) is 0 Å². The molecule has 0 bridgehead atoms. The number of hydrogen-bond acceptors (Lipinski definition) is 4. The molecule has 5 nitrogen and oxygen atoms in total. The van der Waals surface area contributed by atoms with Gasteiger partial charge >= 0.3 is 0 Å². The Morgan fingerprint density at radius 2 is 2.20 bits per heavy atom. The third-order valence-electron chi connectivity index (χ3n) is 3.52. The van der Waals surface area contributed by atoms with Crippen molar-refractivity contribution in [2.24, 2.45) is 5.73 Å². The average Bonchev–Trinajstić information content (AvgIpc) is 2.94. The number of hydrogen-bond donors (Lipinski definition) is 3. The molecule has 1 saturated heterocycles. The number of nitrogens with one attached hydrogen (secondary N) is 1. The van der Waals surface area contributed by atoms with Gasteiger partial charge < -0.3 is 20.9 Å². The van der Waals surface area contributed by atoms with Gasteiger partial charge in [0.2, 0.25) is 5.91 Å². The van der Waals surface area contributed by atoms with Gasteiger partial charge in [0, 0.05) is 13.2 Å². The number of aromatic hydroxyl groups is 1. The van der Waals surface area contributed by atoms with E-state index >= 15 is 0 Å². The van der Waals surface area contributed by atoms with Gasteiger partial charge in [-0.3, -0.25) is 4.79 Å². The molecule has 0 spiro atoms. The van der Waals surface area contributed by atoms with E-state index in [4.69, 9.17) is 10.5 Å². The second kappa shape index (κ2) is 7.26. The molecule has 4 N–H and O–H groups in total. The molecule has 1 aromatic rings. The highest BCUT2D eigenvalue weighted by atomic mass is 16.5. The van der Waals surface area contributed by atoms with Gasteiger partial charge in [0.25, 0.3) is 0 Å². The van der Waals surface area contributed by atoms with Crippen molar-refractivity contribution in [3.05, 3.63) is 29.8 Å². The molecule has 20 heavy (non-hydrogen) atoms. The summed E-state index contributed by atoms with van der Waals surface area (Å²) in [6.45, 7) is 1.44. The number of phenols is 1. The van der Waals surface area contributed by atoms with Crippen LogP contribution in [-0.4, -0.2) is 36.3 Å². The van der Waals surface area contributed by atoms with Crippen LogP contribution in [0.4, 0.5) is 0 Å². The van der Waals surface area contributed by atoms with Crippen LogP contribution >= 0.6 is 0 Å². The molecule has 110 valence electrons. The Hall–Kier alpha value is -1.59. The van der Waals surface area contributed by atoms with Gasteiger partial charge in [-0.05, 0) is 43.4 Å². The van der Waals surface area contributed by atoms with E-state index < -0.39 is 6.04 Å². The minimum absolute atomic E-state index is 0.143. The number of ether oxygens (including phenoxy) is 1. The fourth-order valence-electron chi connectivity index (χ4n) is 2.34. The molecule has 0 saturated carbocycles. The first-order valence-corrected chi connectivity index (χ1v) is 7.08. The number of benzene rings is 1. The topological polar surface area (TPSA) is 84.6 Å². The third-order valence-corrected chi connectivity index (χ3v) is 3.52. The first kappa shape index (κ1) is 14.8. The van der Waals surface area contributed by atoms with Gasteiger partial charge in [0.05, 0.1) is 12.1 Å². The lowest BCUT2D eigenvalue weighted by Crippen LogP contribution is -2.42. The Bertz CT molecular complexity index is 427. The van der Waals surface area contributed by atoms with Crippen LogP contribution in [0.1, 0.15) is 24.8 Å². The van der Waals surface area contributed by atoms with Gasteiger partial charge in [0.1, 0.15) is 5.75 Å². The smallest absolute Gasteiger partial charge is 0.237 e. The fourth-order valence-corrected chi connectivity index (χ4v) is 2.34. The molecule has 1 heterocycles. The van der Waals surface area contributed by atoms with Crippen LogP contribution < -0.4 is 11.1 Å². The van der Waals surface area contributed by atoms with Crippen molar-refractivity contribution in [2.75, 3.05) is 13.2 Å². The molecule has 1 amide bonds. The molecule has 5 heteroatoms. The highest BCUT2D eigenvalue weighted by Crippen LogP contribution is 2.14. The predicted molar refractivity (Wildman–Crippen MR) is 76.4 cm³/mol. The van der Waals surface area contributed by atoms with Crippen molar-refractivity contribution in [2.45, 2.75) is 37.8 Å². The van der Waals surface area contributed by atoms with E-state index in [9.17, 15) is 9.90 Å². The number of carbonyl (C=O) groups is 1. The molecule has 0 aromatic heterocycles. The molecule has 0 aliphatic carbocycles. The van der Waals surface area contributed by atoms with E-state index in [0.29, 0.717) is 13.0 Å². The second-order valence-electron chi connectivity index (χ2n) is 5.19. The van der Waals surface area contributed by atoms with Crippen LogP contribution in [0.5, 0.6) is 5.75 Å². The van der Waals surface area contributed by atoms with E-state index in [1.165, 1.54) is 0 Å². The summed E-state index contributed by atoms with van der Waals surface area (Å²) in [5.74, 6) is 0.0689. The molecular weight excluding hydrogens is 256 g/mol. The Kier molecular flexibility index (Phi) is 5.38. The number of nitrogens with two attached hydrogens (primary N) is 1. The molecule has 2 atom stereocenters. The zero-order chi connectivity index (χ0) is 14.4. The molecule has 1 unspecified atom stereocenters. The Balaban J connectivity index is 1.69. The maximum Gasteiger partial charge on any atom is 0.237 e. The summed E-state index contributed by atoms with van der Waals surface area (Å²) in [5, 5.41) is 12.0. The van der Waals surface area contributed by atoms with E-state index in [1.54, 1.807) is 24.3 Å². The maximum absolute atomic E-state index is 11.9. The molecule has 1 aromatic carbocycles. The average molecular weight is 278 g/mol. The molecule has 1 aliphatic heterocycles. The lowest BCUT2D eigenvalue weighted by Gasteiger charge is -2.14. The van der Waals surface area contributed by atoms with Gasteiger partial charge in [-0.25, -0.2) is 0 Å². The summed E-state index contributed by atoms with van der Waals surface area (Å²) in [4.78, 5) is 11.9. The lowest BCUT2D eigenvalue weighted by atomic mass is 10.1. The Labute approximate surface area is 119 Å². The molecule has 0 radical (unpaired) electrons. The Morgan fingerprint density at radius 3 is 2.85 bits per heavy atom. The molecular formula is C15H22N2O3. The van der Waals surface area contributed by atoms with Gasteiger partial charge in [-0.2, -0.15) is 0 Å². The zero-order valence-electron chi connectivity index (χ0n) is 11.5. The van der Waals surface area contributed by atoms with E-state index in [0.717, 1.165) is 31.4 Å². The number of rotatable bonds is 6. The molecule has 1 aliphatic rings. The van der Waals surface area contributed by atoms with Crippen molar-refractivity contribution in [1.29, 1.82) is 0 Å². The van der Waals surface area contributed by atoms with Crippen LogP contribution in [0, 0.1) is 0 Å². The van der Waals surface area contributed by atoms with Gasteiger partial charge in [-0.1, -0.05) is 12.1 Å². The standard InChI is InChI=1S/C15H22N2O3/c16-14(10-11-3-5-12(18)6-4-11)15(19)17-8-7-13-2-1-9-20-13/h3-6,13-14,18H,1-2,7-10,16H2,(H,17,19)/t13?,14-/m1/s1. The quantitative estimate of drug-likeness (QED) is 0.723. The monoisotopic (exact) mass is 278 g/mol. The van der Waals surface area contributed by atoms with Crippen LogP contribution in [-0.2, 0) is 16.0 Å². The van der Waals surface area contributed by atoms with E-state index in [1.807, 2.05) is 0 Å². The van der Waals surface area contributed by atoms with Crippen molar-refractivity contribution in [3.63, 3.8) is 0 Å². The summed E-state index contributed by atoms with van der Waals surface area (Å²) >= 11 is 0. The normalized spacial score (nSPS) is 19.8. The Morgan fingerprint density at radius 1 is 1.45 bits per heavy atom. The highest BCUT2D eigenvalue weighted by molar-refractivity contribution is 5.81. The largest absolute Gasteiger partial charge is 0.508 e. The lowest BCUT2D eigenvalue weighted by molar-refractivity contribution is -0.122. The van der Waals surface area contributed by atoms with Gasteiger partial charge in [-0.15, -0.1) is 0 Å². The maximum atomic E-state index is 11.9. The van der Waals surface area contributed by atoms with E-state index in [2.05, 4.69) is 5.32 Å². The third kappa shape index (κ3) is 4.51. The summed E-state index contributed by atoms with van der Waals surface area (Å²) in [7, 11) is 0. The van der Waals surface area contributed by atoms with Crippen molar-refractivity contribution in [1.82, 2.24) is 5.32 Å². The number of carbonyl (C=O) groups excluding carboxylic acids is 1. The fraction of sp³-hybridized carbons (Fsp3) is 0.533. The minimum atomic E-state index is -0.566. The first-order chi connectivity index (χ1) is 9.65. The van der Waals surface area contributed by atoms with Crippen LogP contribution in [0.15, 0.2) is 24.3 Å². The van der Waals surface area contributed by atoms with Crippen LogP contribution in [0.25, 0.3) is 0 Å². The predicted octanol–water partition coefficient (Wildman–Crippen LogP) is 0.947. The highest BCUT2D eigenvalue weighted by Gasteiger charge is 2.17. The van der Waals surface area contributed by atoms with Crippen LogP contribution in [0.3, 0.4) is 0 Å². The second-order valence-corrected chi connectivity index (χ2v) is 5.19. The number of amides is 1. The number of phenolic OH excluding ortho intramolecular Hbond substituents is 1. The summed E-state index contributed by atoms with van der Waals surface area (Å²) in [5.41, 5.74) is 6.81.